The molecule has 158 valence electrons. The second-order valence-electron chi connectivity index (χ2n) is 8.17. The van der Waals surface area contributed by atoms with Gasteiger partial charge in [-0.25, -0.2) is 9.50 Å². The zero-order valence-corrected chi connectivity index (χ0v) is 17.3. The molecule has 1 aromatic carbocycles. The van der Waals surface area contributed by atoms with E-state index in [0.29, 0.717) is 49.0 Å². The molecule has 4 heterocycles. The lowest BCUT2D eigenvalue weighted by Gasteiger charge is -2.31. The molecule has 0 bridgehead atoms. The first-order chi connectivity index (χ1) is 15.0. The van der Waals surface area contributed by atoms with Crippen molar-refractivity contribution >= 4 is 22.9 Å². The fourth-order valence-corrected chi connectivity index (χ4v) is 4.18. The summed E-state index contributed by atoms with van der Waals surface area (Å²) in [4.78, 5) is 19.6. The van der Waals surface area contributed by atoms with E-state index in [1.54, 1.807) is 23.0 Å². The van der Waals surface area contributed by atoms with E-state index >= 15 is 0 Å². The third-order valence-corrected chi connectivity index (χ3v) is 5.76. The minimum Gasteiger partial charge on any atom is -0.486 e. The molecule has 2 aliphatic rings. The average Bonchev–Trinajstić information content (AvgIpc) is 3.30. The Morgan fingerprint density at radius 2 is 2.13 bits per heavy atom. The smallest absolute Gasteiger partial charge is 0.261 e. The number of aromatic nitrogens is 3. The quantitative estimate of drug-likeness (QED) is 0.697. The highest BCUT2D eigenvalue weighted by molar-refractivity contribution is 6.09. The molecule has 0 spiro atoms. The van der Waals surface area contributed by atoms with Crippen LogP contribution >= 0.6 is 0 Å². The van der Waals surface area contributed by atoms with Crippen LogP contribution in [0.4, 0.5) is 11.4 Å². The van der Waals surface area contributed by atoms with E-state index in [1.165, 1.54) is 6.20 Å². The van der Waals surface area contributed by atoms with Crippen molar-refractivity contribution in [3.8, 4) is 11.8 Å². The molecule has 9 nitrogen and oxygen atoms in total. The van der Waals surface area contributed by atoms with Gasteiger partial charge in [0.25, 0.3) is 5.91 Å². The summed E-state index contributed by atoms with van der Waals surface area (Å²) in [5, 5.41) is 17.0. The predicted octanol–water partition coefficient (Wildman–Crippen LogP) is 2.60. The van der Waals surface area contributed by atoms with Crippen LogP contribution < -0.4 is 15.0 Å². The number of nitrogens with zero attached hydrogens (tertiary/aromatic N) is 5. The largest absolute Gasteiger partial charge is 0.486 e. The SMILES string of the molecule is CC1(C)Oc2cc(N3CCOCC3)c(NC(=O)c3cnn4cccnc34)cc2C1C#N. The van der Waals surface area contributed by atoms with Crippen LogP contribution in [0.5, 0.6) is 5.75 Å². The van der Waals surface area contributed by atoms with Gasteiger partial charge < -0.3 is 19.7 Å². The van der Waals surface area contributed by atoms with E-state index in [0.717, 1.165) is 11.3 Å². The van der Waals surface area contributed by atoms with Gasteiger partial charge in [0.1, 0.15) is 22.8 Å². The normalized spacial score (nSPS) is 19.5. The van der Waals surface area contributed by atoms with Crippen LogP contribution in [0.2, 0.25) is 0 Å². The summed E-state index contributed by atoms with van der Waals surface area (Å²) < 4.78 is 13.1. The minimum absolute atomic E-state index is 0.310. The number of rotatable bonds is 3. The molecule has 0 radical (unpaired) electrons. The van der Waals surface area contributed by atoms with E-state index in [2.05, 4.69) is 26.4 Å². The van der Waals surface area contributed by atoms with E-state index in [4.69, 9.17) is 9.47 Å². The molecule has 1 unspecified atom stereocenters. The van der Waals surface area contributed by atoms with Crippen molar-refractivity contribution < 1.29 is 14.3 Å². The molecule has 1 amide bonds. The second kappa shape index (κ2) is 7.25. The molecule has 1 saturated heterocycles. The van der Waals surface area contributed by atoms with Crippen molar-refractivity contribution in [1.82, 2.24) is 14.6 Å². The standard InChI is InChI=1S/C22H22N6O3/c1-22(2)16(12-23)14-10-17(18(11-19(14)31-22)27-6-8-30-9-7-27)26-21(29)15-13-25-28-5-3-4-24-20(15)28/h3-5,10-11,13,16H,6-9H2,1-2H3,(H,26,29). The van der Waals surface area contributed by atoms with Crippen LogP contribution in [-0.2, 0) is 4.74 Å². The molecule has 31 heavy (non-hydrogen) atoms. The van der Waals surface area contributed by atoms with Crippen molar-refractivity contribution in [2.45, 2.75) is 25.4 Å². The van der Waals surface area contributed by atoms with Crippen LogP contribution in [-0.4, -0.2) is 52.4 Å². The van der Waals surface area contributed by atoms with Crippen LogP contribution in [0.25, 0.3) is 5.65 Å². The Morgan fingerprint density at radius 3 is 2.90 bits per heavy atom. The zero-order chi connectivity index (χ0) is 21.6. The molecule has 1 atom stereocenters. The van der Waals surface area contributed by atoms with Gasteiger partial charge in [-0.2, -0.15) is 10.4 Å². The third kappa shape index (κ3) is 3.25. The summed E-state index contributed by atoms with van der Waals surface area (Å²) in [6.07, 6.45) is 4.87. The van der Waals surface area contributed by atoms with Gasteiger partial charge in [-0.05, 0) is 26.0 Å². The molecule has 3 aromatic rings. The topological polar surface area (TPSA) is 105 Å². The molecule has 1 N–H and O–H groups in total. The van der Waals surface area contributed by atoms with Gasteiger partial charge in [-0.1, -0.05) is 0 Å². The number of ether oxygens (including phenoxy) is 2. The van der Waals surface area contributed by atoms with Crippen molar-refractivity contribution in [2.24, 2.45) is 0 Å². The van der Waals surface area contributed by atoms with Crippen molar-refractivity contribution in [2.75, 3.05) is 36.5 Å². The van der Waals surface area contributed by atoms with Gasteiger partial charge >= 0.3 is 0 Å². The molecule has 0 saturated carbocycles. The highest BCUT2D eigenvalue weighted by atomic mass is 16.5. The summed E-state index contributed by atoms with van der Waals surface area (Å²) >= 11 is 0. The van der Waals surface area contributed by atoms with Gasteiger partial charge in [0.15, 0.2) is 5.65 Å². The van der Waals surface area contributed by atoms with Gasteiger partial charge in [-0.15, -0.1) is 0 Å². The van der Waals surface area contributed by atoms with Crippen molar-refractivity contribution in [1.29, 1.82) is 5.26 Å². The number of benzene rings is 1. The number of anilines is 2. The van der Waals surface area contributed by atoms with E-state index in [9.17, 15) is 10.1 Å². The van der Waals surface area contributed by atoms with E-state index in [-0.39, 0.29) is 5.91 Å². The molecule has 9 heteroatoms. The number of amides is 1. The van der Waals surface area contributed by atoms with Gasteiger partial charge in [0, 0.05) is 37.1 Å². The summed E-state index contributed by atoms with van der Waals surface area (Å²) in [5.41, 5.74) is 2.46. The van der Waals surface area contributed by atoms with Crippen LogP contribution in [0.3, 0.4) is 0 Å². The van der Waals surface area contributed by atoms with Crippen LogP contribution in [0.15, 0.2) is 36.8 Å². The maximum absolute atomic E-state index is 13.2. The van der Waals surface area contributed by atoms with Gasteiger partial charge in [-0.3, -0.25) is 4.79 Å². The first-order valence-corrected chi connectivity index (χ1v) is 10.2. The Balaban J connectivity index is 1.56. The first-order valence-electron chi connectivity index (χ1n) is 10.2. The summed E-state index contributed by atoms with van der Waals surface area (Å²) in [7, 11) is 0. The second-order valence-corrected chi connectivity index (χ2v) is 8.17. The molecular weight excluding hydrogens is 396 g/mol. The zero-order valence-electron chi connectivity index (χ0n) is 17.3. The van der Waals surface area contributed by atoms with Crippen LogP contribution in [0.1, 0.15) is 35.7 Å². The molecular formula is C22H22N6O3. The lowest BCUT2D eigenvalue weighted by atomic mass is 9.88. The summed E-state index contributed by atoms with van der Waals surface area (Å²) in [6, 6.07) is 7.88. The van der Waals surface area contributed by atoms with Crippen molar-refractivity contribution in [3.05, 3.63) is 47.9 Å². The molecule has 5 rings (SSSR count). The molecule has 0 aliphatic carbocycles. The maximum Gasteiger partial charge on any atom is 0.261 e. The average molecular weight is 418 g/mol. The number of carbonyl (C=O) groups excluding carboxylic acids is 1. The molecule has 2 aliphatic heterocycles. The summed E-state index contributed by atoms with van der Waals surface area (Å²) in [6.45, 7) is 6.41. The Bertz CT molecular complexity index is 1210. The monoisotopic (exact) mass is 418 g/mol. The number of nitriles is 1. The number of hydrogen-bond donors (Lipinski definition) is 1. The Labute approximate surface area is 179 Å². The third-order valence-electron chi connectivity index (χ3n) is 5.76. The Hall–Kier alpha value is -3.64. The number of morpholine rings is 1. The predicted molar refractivity (Wildman–Crippen MR) is 113 cm³/mol. The fraction of sp³-hybridized carbons (Fsp3) is 0.364. The first kappa shape index (κ1) is 19.3. The molecule has 2 aromatic heterocycles. The van der Waals surface area contributed by atoms with E-state index in [1.807, 2.05) is 26.0 Å². The minimum atomic E-state index is -0.644. The Kier molecular flexibility index (Phi) is 4.52. The van der Waals surface area contributed by atoms with Gasteiger partial charge in [0.05, 0.1) is 36.9 Å². The maximum atomic E-state index is 13.2. The number of carbonyl (C=O) groups is 1. The van der Waals surface area contributed by atoms with Crippen molar-refractivity contribution in [3.63, 3.8) is 0 Å². The highest BCUT2D eigenvalue weighted by Crippen LogP contribution is 2.48. The number of hydrogen-bond acceptors (Lipinski definition) is 7. The summed E-state index contributed by atoms with van der Waals surface area (Å²) in [5.74, 6) is -0.0703. The number of fused-ring (bicyclic) bond motifs is 2. The highest BCUT2D eigenvalue weighted by Gasteiger charge is 2.42. The molecule has 1 fully saturated rings. The lowest BCUT2D eigenvalue weighted by Crippen LogP contribution is -2.36. The Morgan fingerprint density at radius 1 is 1.32 bits per heavy atom. The fourth-order valence-electron chi connectivity index (χ4n) is 4.18. The lowest BCUT2D eigenvalue weighted by molar-refractivity contribution is 0.102. The van der Waals surface area contributed by atoms with Crippen LogP contribution in [0, 0.1) is 11.3 Å². The number of nitrogens with one attached hydrogen (secondary N) is 1. The van der Waals surface area contributed by atoms with E-state index < -0.39 is 11.5 Å². The van der Waals surface area contributed by atoms with Gasteiger partial charge in [0.2, 0.25) is 0 Å².